The van der Waals surface area contributed by atoms with Gasteiger partial charge in [0.1, 0.15) is 18.1 Å². The molecule has 1 saturated heterocycles. The molecule has 0 aromatic heterocycles. The average Bonchev–Trinajstić information content (AvgIpc) is 2.91. The maximum absolute atomic E-state index is 13.3. The number of piperidine rings is 1. The first-order valence-corrected chi connectivity index (χ1v) is 14.2. The second-order valence-corrected chi connectivity index (χ2v) is 10.7. The summed E-state index contributed by atoms with van der Waals surface area (Å²) in [6, 6.07) is 16.2. The minimum Gasteiger partial charge on any atom is -0.494 e. The largest absolute Gasteiger partial charge is 0.494 e. The molecule has 2 aliphatic rings. The smallest absolute Gasteiger partial charge is 0.234 e. The Balaban J connectivity index is 1.27. The predicted molar refractivity (Wildman–Crippen MR) is 150 cm³/mol. The lowest BCUT2D eigenvalue weighted by Crippen LogP contribution is -2.51. The number of para-hydroxylation sites is 2. The van der Waals surface area contributed by atoms with Gasteiger partial charge in [-0.15, -0.1) is 0 Å². The number of amides is 2. The van der Waals surface area contributed by atoms with Gasteiger partial charge in [-0.05, 0) is 88.7 Å². The van der Waals surface area contributed by atoms with E-state index < -0.39 is 0 Å². The number of fused-ring (bicyclic) bond motifs is 1. The normalized spacial score (nSPS) is 19.2. The Labute approximate surface area is 227 Å². The van der Waals surface area contributed by atoms with Crippen LogP contribution in [0.25, 0.3) is 0 Å². The van der Waals surface area contributed by atoms with E-state index in [0.717, 1.165) is 75.1 Å². The van der Waals surface area contributed by atoms with E-state index in [1.807, 2.05) is 44.2 Å². The van der Waals surface area contributed by atoms with Crippen molar-refractivity contribution in [3.63, 3.8) is 0 Å². The second kappa shape index (κ2) is 13.7. The fourth-order valence-corrected chi connectivity index (χ4v) is 5.75. The Hall–Kier alpha value is -3.06. The van der Waals surface area contributed by atoms with Crippen molar-refractivity contribution in [3.05, 3.63) is 59.7 Å². The van der Waals surface area contributed by atoms with E-state index >= 15 is 0 Å². The van der Waals surface area contributed by atoms with Gasteiger partial charge in [0.25, 0.3) is 0 Å². The molecular weight excluding hydrogens is 478 g/mol. The Bertz CT molecular complexity index is 1060. The molecule has 2 N–H and O–H groups in total. The maximum atomic E-state index is 13.3. The van der Waals surface area contributed by atoms with Crippen LogP contribution in [0.4, 0.5) is 0 Å². The first kappa shape index (κ1) is 28.0. The lowest BCUT2D eigenvalue weighted by molar-refractivity contribution is -0.135. The number of hydrogen-bond acceptors (Lipinski definition) is 5. The number of carbonyl (C=O) groups is 2. The summed E-state index contributed by atoms with van der Waals surface area (Å²) in [6.07, 6.45) is 6.17. The van der Waals surface area contributed by atoms with Crippen molar-refractivity contribution in [2.24, 2.45) is 5.41 Å². The van der Waals surface area contributed by atoms with Crippen LogP contribution in [0.3, 0.4) is 0 Å². The Morgan fingerprint density at radius 3 is 2.68 bits per heavy atom. The van der Waals surface area contributed by atoms with E-state index in [9.17, 15) is 9.59 Å². The minimum absolute atomic E-state index is 0.00433. The summed E-state index contributed by atoms with van der Waals surface area (Å²) in [5, 5.41) is 6.29. The molecule has 2 amide bonds. The molecule has 2 heterocycles. The second-order valence-electron chi connectivity index (χ2n) is 10.7. The quantitative estimate of drug-likeness (QED) is 0.573. The SMILES string of the molecule is CCOc1ccccc1CC(C)NC(=O)CN1CCC2(CCCCc3ccccc3OCCNC2=O)CC1. The monoisotopic (exact) mass is 521 g/mol. The topological polar surface area (TPSA) is 79.9 Å². The first-order chi connectivity index (χ1) is 18.5. The molecule has 1 spiro atoms. The van der Waals surface area contributed by atoms with Crippen LogP contribution in [0, 0.1) is 5.41 Å². The molecule has 0 aliphatic carbocycles. The van der Waals surface area contributed by atoms with Gasteiger partial charge in [-0.3, -0.25) is 14.5 Å². The zero-order valence-corrected chi connectivity index (χ0v) is 23.0. The van der Waals surface area contributed by atoms with Crippen LogP contribution >= 0.6 is 0 Å². The van der Waals surface area contributed by atoms with Crippen molar-refractivity contribution in [2.75, 3.05) is 39.4 Å². The number of carbonyl (C=O) groups excluding carboxylic acids is 2. The number of aryl methyl sites for hydroxylation is 1. The molecule has 1 atom stereocenters. The number of nitrogens with one attached hydrogen (secondary N) is 2. The van der Waals surface area contributed by atoms with Gasteiger partial charge in [-0.1, -0.05) is 42.8 Å². The number of hydrogen-bond donors (Lipinski definition) is 2. The standard InChI is InChI=1S/C31H43N3O4/c1-3-37-28-14-7-5-12-26(28)22-24(2)33-29(35)23-34-19-16-31(17-20-34)15-9-8-11-25-10-4-6-13-27(25)38-21-18-32-30(31)36/h4-7,10,12-14,24H,3,8-9,11,15-23H2,1-2H3,(H,32,36)(H,33,35). The van der Waals surface area contributed by atoms with Gasteiger partial charge in [0, 0.05) is 6.04 Å². The lowest BCUT2D eigenvalue weighted by Gasteiger charge is -2.41. The van der Waals surface area contributed by atoms with Crippen LogP contribution in [0.15, 0.2) is 48.5 Å². The molecule has 2 aromatic carbocycles. The van der Waals surface area contributed by atoms with Crippen molar-refractivity contribution < 1.29 is 19.1 Å². The van der Waals surface area contributed by atoms with Gasteiger partial charge in [-0.2, -0.15) is 0 Å². The van der Waals surface area contributed by atoms with Crippen LogP contribution < -0.4 is 20.1 Å². The summed E-state index contributed by atoms with van der Waals surface area (Å²) in [5.41, 5.74) is 1.98. The molecule has 0 saturated carbocycles. The summed E-state index contributed by atoms with van der Waals surface area (Å²) in [5.74, 6) is 1.97. The molecule has 1 unspecified atom stereocenters. The molecule has 0 bridgehead atoms. The molecular formula is C31H43N3O4. The third-order valence-electron chi connectivity index (χ3n) is 7.84. The number of likely N-dealkylation sites (tertiary alicyclic amines) is 1. The number of rotatable bonds is 7. The van der Waals surface area contributed by atoms with Gasteiger partial charge in [0.05, 0.1) is 25.1 Å². The highest BCUT2D eigenvalue weighted by Gasteiger charge is 2.41. The Morgan fingerprint density at radius 1 is 1.11 bits per heavy atom. The summed E-state index contributed by atoms with van der Waals surface area (Å²) in [6.45, 7) is 7.47. The van der Waals surface area contributed by atoms with Gasteiger partial charge < -0.3 is 20.1 Å². The highest BCUT2D eigenvalue weighted by molar-refractivity contribution is 5.83. The van der Waals surface area contributed by atoms with Crippen LogP contribution in [0.2, 0.25) is 0 Å². The van der Waals surface area contributed by atoms with Gasteiger partial charge in [0.2, 0.25) is 11.8 Å². The predicted octanol–water partition coefficient (Wildman–Crippen LogP) is 4.14. The zero-order valence-electron chi connectivity index (χ0n) is 23.0. The summed E-state index contributed by atoms with van der Waals surface area (Å²) in [7, 11) is 0. The molecule has 2 aromatic rings. The maximum Gasteiger partial charge on any atom is 0.234 e. The number of ether oxygens (including phenoxy) is 2. The molecule has 206 valence electrons. The molecule has 2 aliphatic heterocycles. The average molecular weight is 522 g/mol. The van der Waals surface area contributed by atoms with Crippen LogP contribution in [-0.4, -0.2) is 62.1 Å². The van der Waals surface area contributed by atoms with Crippen molar-refractivity contribution in [3.8, 4) is 11.5 Å². The molecule has 38 heavy (non-hydrogen) atoms. The zero-order chi connectivity index (χ0) is 26.8. The Kier molecular flexibility index (Phi) is 10.0. The van der Waals surface area contributed by atoms with Gasteiger partial charge in [0.15, 0.2) is 0 Å². The molecule has 4 rings (SSSR count). The van der Waals surface area contributed by atoms with E-state index in [2.05, 4.69) is 33.7 Å². The van der Waals surface area contributed by atoms with Crippen LogP contribution in [0.5, 0.6) is 11.5 Å². The van der Waals surface area contributed by atoms with Crippen molar-refractivity contribution in [1.29, 1.82) is 0 Å². The molecule has 1 fully saturated rings. The fraction of sp³-hybridized carbons (Fsp3) is 0.548. The van der Waals surface area contributed by atoms with Gasteiger partial charge >= 0.3 is 0 Å². The van der Waals surface area contributed by atoms with E-state index in [0.29, 0.717) is 26.3 Å². The summed E-state index contributed by atoms with van der Waals surface area (Å²) >= 11 is 0. The van der Waals surface area contributed by atoms with E-state index in [1.54, 1.807) is 0 Å². The molecule has 7 heteroatoms. The number of nitrogens with zero attached hydrogens (tertiary/aromatic N) is 1. The Morgan fingerprint density at radius 2 is 1.87 bits per heavy atom. The van der Waals surface area contributed by atoms with Gasteiger partial charge in [-0.25, -0.2) is 0 Å². The van der Waals surface area contributed by atoms with E-state index in [4.69, 9.17) is 9.47 Å². The highest BCUT2D eigenvalue weighted by atomic mass is 16.5. The minimum atomic E-state index is -0.359. The summed E-state index contributed by atoms with van der Waals surface area (Å²) in [4.78, 5) is 28.3. The highest BCUT2D eigenvalue weighted by Crippen LogP contribution is 2.37. The molecule has 0 radical (unpaired) electrons. The third-order valence-corrected chi connectivity index (χ3v) is 7.84. The third kappa shape index (κ3) is 7.50. The fourth-order valence-electron chi connectivity index (χ4n) is 5.75. The van der Waals surface area contributed by atoms with Crippen molar-refractivity contribution >= 4 is 11.8 Å². The van der Waals surface area contributed by atoms with Crippen LogP contribution in [-0.2, 0) is 22.4 Å². The van der Waals surface area contributed by atoms with Crippen LogP contribution in [0.1, 0.15) is 57.1 Å². The summed E-state index contributed by atoms with van der Waals surface area (Å²) < 4.78 is 11.7. The van der Waals surface area contributed by atoms with Crippen molar-refractivity contribution in [2.45, 2.75) is 64.8 Å². The first-order valence-electron chi connectivity index (χ1n) is 14.2. The lowest BCUT2D eigenvalue weighted by atomic mass is 9.73. The van der Waals surface area contributed by atoms with Crippen molar-refractivity contribution in [1.82, 2.24) is 15.5 Å². The number of benzene rings is 2. The van der Waals surface area contributed by atoms with E-state index in [-0.39, 0.29) is 23.3 Å². The molecule has 7 nitrogen and oxygen atoms in total. The van der Waals surface area contributed by atoms with E-state index in [1.165, 1.54) is 5.56 Å².